The van der Waals surface area contributed by atoms with Crippen molar-refractivity contribution in [3.8, 4) is 11.3 Å². The van der Waals surface area contributed by atoms with Crippen LogP contribution in [0, 0.1) is 5.92 Å². The van der Waals surface area contributed by atoms with Gasteiger partial charge in [0.1, 0.15) is 0 Å². The molecule has 0 aliphatic rings. The molecule has 0 spiro atoms. The Labute approximate surface area is 129 Å². The molecule has 1 aromatic heterocycles. The van der Waals surface area contributed by atoms with Crippen LogP contribution in [0.15, 0.2) is 41.7 Å². The fraction of sp³-hybridized carbons (Fsp3) is 0.375. The second-order valence-electron chi connectivity index (χ2n) is 5.37. The van der Waals surface area contributed by atoms with E-state index in [9.17, 15) is 4.79 Å². The highest BCUT2D eigenvalue weighted by Crippen LogP contribution is 2.24. The zero-order valence-electron chi connectivity index (χ0n) is 12.6. The molecule has 5 heteroatoms. The van der Waals surface area contributed by atoms with Gasteiger partial charge in [0.25, 0.3) is 0 Å². The van der Waals surface area contributed by atoms with E-state index < -0.39 is 0 Å². The molecule has 2 N–H and O–H groups in total. The van der Waals surface area contributed by atoms with Crippen molar-refractivity contribution in [3.63, 3.8) is 0 Å². The number of hydrogen-bond acceptors (Lipinski definition) is 3. The number of carbonyl (C=O) groups excluding carboxylic acids is 1. The van der Waals surface area contributed by atoms with Gasteiger partial charge in [-0.15, -0.1) is 0 Å². The zero-order chi connectivity index (χ0) is 15.2. The fourth-order valence-electron chi connectivity index (χ4n) is 1.80. The molecule has 0 radical (unpaired) electrons. The Bertz CT molecular complexity index is 580. The quantitative estimate of drug-likeness (QED) is 0.805. The first-order chi connectivity index (χ1) is 10.1. The van der Waals surface area contributed by atoms with Crippen molar-refractivity contribution < 1.29 is 4.79 Å². The van der Waals surface area contributed by atoms with Gasteiger partial charge in [-0.1, -0.05) is 55.9 Å². The maximum atomic E-state index is 12.0. The first kappa shape index (κ1) is 15.6. The summed E-state index contributed by atoms with van der Waals surface area (Å²) in [5.41, 5.74) is 2.06. The molecule has 0 aliphatic heterocycles. The fourth-order valence-corrected chi connectivity index (χ4v) is 2.60. The largest absolute Gasteiger partial charge is 0.355 e. The lowest BCUT2D eigenvalue weighted by atomic mass is 10.2. The van der Waals surface area contributed by atoms with Gasteiger partial charge in [-0.05, 0) is 18.4 Å². The summed E-state index contributed by atoms with van der Waals surface area (Å²) in [6.45, 7) is 6.76. The van der Waals surface area contributed by atoms with Crippen molar-refractivity contribution in [2.45, 2.75) is 31.2 Å². The van der Waals surface area contributed by atoms with Crippen LogP contribution in [0.1, 0.15) is 20.8 Å². The lowest BCUT2D eigenvalue weighted by molar-refractivity contribution is -0.120. The normalized spacial score (nSPS) is 12.4. The van der Waals surface area contributed by atoms with Gasteiger partial charge in [-0.2, -0.15) is 0 Å². The summed E-state index contributed by atoms with van der Waals surface area (Å²) in [5, 5.41) is 3.54. The van der Waals surface area contributed by atoms with E-state index in [2.05, 4.69) is 29.1 Å². The van der Waals surface area contributed by atoms with Crippen molar-refractivity contribution in [1.29, 1.82) is 0 Å². The summed E-state index contributed by atoms with van der Waals surface area (Å²) < 4.78 is 0. The minimum Gasteiger partial charge on any atom is -0.355 e. The molecular weight excluding hydrogens is 282 g/mol. The van der Waals surface area contributed by atoms with Gasteiger partial charge in [0.05, 0.1) is 17.1 Å². The van der Waals surface area contributed by atoms with Crippen molar-refractivity contribution in [3.05, 3.63) is 36.5 Å². The van der Waals surface area contributed by atoms with Gasteiger partial charge in [-0.25, -0.2) is 4.98 Å². The van der Waals surface area contributed by atoms with Gasteiger partial charge in [0.2, 0.25) is 5.91 Å². The smallest absolute Gasteiger partial charge is 0.233 e. The summed E-state index contributed by atoms with van der Waals surface area (Å²) in [6.07, 6.45) is 1.80. The molecule has 1 atom stereocenters. The number of thioether (sulfide) groups is 1. The standard InChI is InChI=1S/C16H21N3OS/c1-11(2)9-17-15(20)12(3)21-16-18-10-14(19-16)13-7-5-4-6-8-13/h4-8,10-12H,9H2,1-3H3,(H,17,20)(H,18,19). The average molecular weight is 303 g/mol. The third kappa shape index (κ3) is 4.63. The molecule has 1 aromatic carbocycles. The molecule has 2 aromatic rings. The summed E-state index contributed by atoms with van der Waals surface area (Å²) in [4.78, 5) is 19.5. The Kier molecular flexibility index (Phi) is 5.44. The molecule has 0 fully saturated rings. The van der Waals surface area contributed by atoms with E-state index >= 15 is 0 Å². The highest BCUT2D eigenvalue weighted by Gasteiger charge is 2.16. The number of H-pyrrole nitrogens is 1. The first-order valence-corrected chi connectivity index (χ1v) is 7.99. The van der Waals surface area contributed by atoms with E-state index in [4.69, 9.17) is 0 Å². The molecule has 1 amide bonds. The van der Waals surface area contributed by atoms with Crippen LogP contribution in [0.3, 0.4) is 0 Å². The van der Waals surface area contributed by atoms with E-state index in [1.807, 2.05) is 37.3 Å². The third-order valence-electron chi connectivity index (χ3n) is 2.98. The number of nitrogens with one attached hydrogen (secondary N) is 2. The van der Waals surface area contributed by atoms with Crippen LogP contribution in [-0.4, -0.2) is 27.7 Å². The number of benzene rings is 1. The first-order valence-electron chi connectivity index (χ1n) is 7.11. The molecule has 112 valence electrons. The van der Waals surface area contributed by atoms with E-state index in [0.29, 0.717) is 12.5 Å². The third-order valence-corrected chi connectivity index (χ3v) is 3.98. The van der Waals surface area contributed by atoms with E-state index in [1.165, 1.54) is 11.8 Å². The number of carbonyl (C=O) groups is 1. The lowest BCUT2D eigenvalue weighted by Gasteiger charge is -2.11. The topological polar surface area (TPSA) is 57.8 Å². The summed E-state index contributed by atoms with van der Waals surface area (Å²) in [5.74, 6) is 0.505. The van der Waals surface area contributed by atoms with Gasteiger partial charge >= 0.3 is 0 Å². The Hall–Kier alpha value is -1.75. The summed E-state index contributed by atoms with van der Waals surface area (Å²) >= 11 is 1.44. The van der Waals surface area contributed by atoms with Crippen LogP contribution in [-0.2, 0) is 4.79 Å². The Morgan fingerprint density at radius 1 is 1.29 bits per heavy atom. The molecule has 0 bridgehead atoms. The number of aromatic nitrogens is 2. The van der Waals surface area contributed by atoms with Gasteiger partial charge in [0.15, 0.2) is 5.16 Å². The molecule has 1 heterocycles. The van der Waals surface area contributed by atoms with Crippen molar-refractivity contribution in [2.75, 3.05) is 6.54 Å². The van der Waals surface area contributed by atoms with Crippen LogP contribution >= 0.6 is 11.8 Å². The highest BCUT2D eigenvalue weighted by atomic mass is 32.2. The molecule has 4 nitrogen and oxygen atoms in total. The Morgan fingerprint density at radius 3 is 2.67 bits per heavy atom. The van der Waals surface area contributed by atoms with Crippen LogP contribution in [0.2, 0.25) is 0 Å². The zero-order valence-corrected chi connectivity index (χ0v) is 13.4. The molecule has 0 saturated heterocycles. The van der Waals surface area contributed by atoms with Crippen LogP contribution in [0.4, 0.5) is 0 Å². The number of aromatic amines is 1. The molecule has 0 saturated carbocycles. The number of nitrogens with zero attached hydrogens (tertiary/aromatic N) is 1. The number of rotatable bonds is 6. The molecule has 21 heavy (non-hydrogen) atoms. The Morgan fingerprint density at radius 2 is 2.00 bits per heavy atom. The minimum atomic E-state index is -0.168. The minimum absolute atomic E-state index is 0.0476. The predicted molar refractivity (Wildman–Crippen MR) is 87.2 cm³/mol. The van der Waals surface area contributed by atoms with E-state index in [1.54, 1.807) is 6.20 Å². The van der Waals surface area contributed by atoms with Crippen molar-refractivity contribution in [2.24, 2.45) is 5.92 Å². The molecular formula is C16H21N3OS. The predicted octanol–water partition coefficient (Wildman–Crippen LogP) is 3.33. The van der Waals surface area contributed by atoms with Gasteiger partial charge in [-0.3, -0.25) is 4.79 Å². The highest BCUT2D eigenvalue weighted by molar-refractivity contribution is 8.00. The average Bonchev–Trinajstić information content (AvgIpc) is 2.94. The second kappa shape index (κ2) is 7.31. The summed E-state index contributed by atoms with van der Waals surface area (Å²) in [7, 11) is 0. The monoisotopic (exact) mass is 303 g/mol. The Balaban J connectivity index is 1.95. The maximum Gasteiger partial charge on any atom is 0.233 e. The molecule has 2 rings (SSSR count). The number of imidazole rings is 1. The van der Waals surface area contributed by atoms with Crippen LogP contribution < -0.4 is 5.32 Å². The van der Waals surface area contributed by atoms with E-state index in [0.717, 1.165) is 16.4 Å². The van der Waals surface area contributed by atoms with Crippen LogP contribution in [0.25, 0.3) is 11.3 Å². The van der Waals surface area contributed by atoms with Gasteiger partial charge in [0, 0.05) is 6.54 Å². The summed E-state index contributed by atoms with van der Waals surface area (Å²) in [6, 6.07) is 10.0. The van der Waals surface area contributed by atoms with Crippen molar-refractivity contribution in [1.82, 2.24) is 15.3 Å². The number of hydrogen-bond donors (Lipinski definition) is 2. The van der Waals surface area contributed by atoms with Gasteiger partial charge < -0.3 is 10.3 Å². The van der Waals surface area contributed by atoms with Crippen molar-refractivity contribution >= 4 is 17.7 Å². The molecule has 0 aliphatic carbocycles. The number of amides is 1. The SMILES string of the molecule is CC(C)CNC(=O)C(C)Sc1ncc(-c2ccccc2)[nH]1. The molecule has 1 unspecified atom stereocenters. The maximum absolute atomic E-state index is 12.0. The lowest BCUT2D eigenvalue weighted by Crippen LogP contribution is -2.33. The second-order valence-corrected chi connectivity index (χ2v) is 6.70. The van der Waals surface area contributed by atoms with E-state index in [-0.39, 0.29) is 11.2 Å². The van der Waals surface area contributed by atoms with Crippen LogP contribution in [0.5, 0.6) is 0 Å².